The minimum atomic E-state index is -0.171. The number of hydrogen-bond donors (Lipinski definition) is 1. The third-order valence-electron chi connectivity index (χ3n) is 2.25. The van der Waals surface area contributed by atoms with Gasteiger partial charge in [0.25, 0.3) is 5.91 Å². The lowest BCUT2D eigenvalue weighted by atomic mass is 10.2. The first kappa shape index (κ1) is 14.2. The Labute approximate surface area is 111 Å². The monoisotopic (exact) mass is 261 g/mol. The summed E-state index contributed by atoms with van der Waals surface area (Å²) in [6.07, 6.45) is 0. The van der Waals surface area contributed by atoms with Gasteiger partial charge < -0.3 is 10.6 Å². The molecule has 1 heterocycles. The lowest BCUT2D eigenvalue weighted by Gasteiger charge is -2.17. The van der Waals surface area contributed by atoms with Gasteiger partial charge in [0.2, 0.25) is 0 Å². The number of nitrogens with two attached hydrogens (primary N) is 1. The van der Waals surface area contributed by atoms with E-state index in [4.69, 9.17) is 11.0 Å². The summed E-state index contributed by atoms with van der Waals surface area (Å²) in [6, 6.07) is 5.67. The average molecular weight is 261 g/mol. The predicted octanol–water partition coefficient (Wildman–Crippen LogP) is 1.29. The molecule has 5 heteroatoms. The van der Waals surface area contributed by atoms with E-state index in [0.29, 0.717) is 18.0 Å². The van der Waals surface area contributed by atoms with Crippen LogP contribution in [0.15, 0.2) is 12.1 Å². The standard InChI is InChI=1S/C13H15N3OS/c1-10(8-15)9-16(2)13(17)12-6-5-11(18-12)4-3-7-14/h5-6,10H,7,9,14H2,1-2H3. The number of nitriles is 1. The van der Waals surface area contributed by atoms with Crippen molar-refractivity contribution in [2.45, 2.75) is 6.92 Å². The Hall–Kier alpha value is -1.82. The molecule has 1 atom stereocenters. The van der Waals surface area contributed by atoms with Gasteiger partial charge in [0, 0.05) is 13.6 Å². The van der Waals surface area contributed by atoms with Gasteiger partial charge in [-0.05, 0) is 19.1 Å². The van der Waals surface area contributed by atoms with Crippen LogP contribution in [0.2, 0.25) is 0 Å². The number of carbonyl (C=O) groups excluding carboxylic acids is 1. The molecule has 0 bridgehead atoms. The molecular formula is C13H15N3OS. The highest BCUT2D eigenvalue weighted by Crippen LogP contribution is 2.17. The van der Waals surface area contributed by atoms with Crippen molar-refractivity contribution in [1.82, 2.24) is 4.90 Å². The van der Waals surface area contributed by atoms with Gasteiger partial charge in [0.1, 0.15) is 0 Å². The van der Waals surface area contributed by atoms with Crippen LogP contribution < -0.4 is 5.73 Å². The third kappa shape index (κ3) is 3.89. The fraction of sp³-hybridized carbons (Fsp3) is 0.385. The Morgan fingerprint density at radius 1 is 1.61 bits per heavy atom. The van der Waals surface area contributed by atoms with Gasteiger partial charge in [-0.1, -0.05) is 11.8 Å². The van der Waals surface area contributed by atoms with Crippen molar-refractivity contribution in [3.05, 3.63) is 21.9 Å². The topological polar surface area (TPSA) is 70.1 Å². The van der Waals surface area contributed by atoms with Gasteiger partial charge in [0.15, 0.2) is 0 Å². The van der Waals surface area contributed by atoms with E-state index in [-0.39, 0.29) is 11.8 Å². The molecule has 0 spiro atoms. The van der Waals surface area contributed by atoms with E-state index in [1.54, 1.807) is 24.9 Å². The summed E-state index contributed by atoms with van der Waals surface area (Å²) in [4.78, 5) is 15.0. The van der Waals surface area contributed by atoms with Crippen molar-refractivity contribution in [2.24, 2.45) is 11.7 Å². The van der Waals surface area contributed by atoms with E-state index >= 15 is 0 Å². The lowest BCUT2D eigenvalue weighted by molar-refractivity contribution is 0.0790. The first-order chi connectivity index (χ1) is 8.58. The van der Waals surface area contributed by atoms with E-state index in [1.807, 2.05) is 6.07 Å². The van der Waals surface area contributed by atoms with E-state index in [2.05, 4.69) is 17.9 Å². The minimum Gasteiger partial charge on any atom is -0.340 e. The molecule has 1 aromatic rings. The van der Waals surface area contributed by atoms with Crippen molar-refractivity contribution >= 4 is 17.2 Å². The van der Waals surface area contributed by atoms with Crippen molar-refractivity contribution in [3.63, 3.8) is 0 Å². The van der Waals surface area contributed by atoms with E-state index in [1.165, 1.54) is 11.3 Å². The molecule has 1 unspecified atom stereocenters. The van der Waals surface area contributed by atoms with Crippen molar-refractivity contribution < 1.29 is 4.79 Å². The Kier molecular flexibility index (Phi) is 5.38. The number of carbonyl (C=O) groups is 1. The lowest BCUT2D eigenvalue weighted by Crippen LogP contribution is -2.30. The Bertz CT molecular complexity index is 518. The maximum Gasteiger partial charge on any atom is 0.263 e. The quantitative estimate of drug-likeness (QED) is 0.833. The fourth-order valence-electron chi connectivity index (χ4n) is 1.38. The van der Waals surface area contributed by atoms with Crippen LogP contribution in [-0.2, 0) is 0 Å². The Morgan fingerprint density at radius 3 is 2.94 bits per heavy atom. The number of nitrogens with zero attached hydrogens (tertiary/aromatic N) is 2. The zero-order valence-electron chi connectivity index (χ0n) is 10.4. The van der Waals surface area contributed by atoms with Crippen LogP contribution in [0, 0.1) is 29.1 Å². The van der Waals surface area contributed by atoms with Gasteiger partial charge in [-0.2, -0.15) is 5.26 Å². The largest absolute Gasteiger partial charge is 0.340 e. The molecule has 0 aliphatic heterocycles. The molecule has 4 nitrogen and oxygen atoms in total. The predicted molar refractivity (Wildman–Crippen MR) is 72.0 cm³/mol. The molecule has 0 aliphatic carbocycles. The zero-order valence-corrected chi connectivity index (χ0v) is 11.3. The maximum absolute atomic E-state index is 12.0. The van der Waals surface area contributed by atoms with E-state index in [0.717, 1.165) is 4.88 Å². The second-order valence-corrected chi connectivity index (χ2v) is 4.97. The van der Waals surface area contributed by atoms with Crippen LogP contribution in [0.4, 0.5) is 0 Å². The molecule has 18 heavy (non-hydrogen) atoms. The molecule has 0 saturated heterocycles. The van der Waals surface area contributed by atoms with Crippen LogP contribution in [0.3, 0.4) is 0 Å². The molecule has 1 aromatic heterocycles. The van der Waals surface area contributed by atoms with Crippen LogP contribution in [0.25, 0.3) is 0 Å². The van der Waals surface area contributed by atoms with Crippen LogP contribution >= 0.6 is 11.3 Å². The molecular weight excluding hydrogens is 246 g/mol. The molecule has 0 aromatic carbocycles. The summed E-state index contributed by atoms with van der Waals surface area (Å²) in [7, 11) is 1.70. The second kappa shape index (κ2) is 6.80. The SMILES string of the molecule is CC(C#N)CN(C)C(=O)c1ccc(C#CCN)s1. The third-order valence-corrected chi connectivity index (χ3v) is 3.23. The second-order valence-electron chi connectivity index (χ2n) is 3.89. The van der Waals surface area contributed by atoms with Gasteiger partial charge in [-0.3, -0.25) is 4.79 Å². The van der Waals surface area contributed by atoms with Gasteiger partial charge in [-0.15, -0.1) is 11.3 Å². The maximum atomic E-state index is 12.0. The molecule has 0 aliphatic rings. The Balaban J connectivity index is 2.72. The molecule has 1 amide bonds. The molecule has 0 radical (unpaired) electrons. The van der Waals surface area contributed by atoms with E-state index < -0.39 is 0 Å². The van der Waals surface area contributed by atoms with Crippen LogP contribution in [-0.4, -0.2) is 30.9 Å². The summed E-state index contributed by atoms with van der Waals surface area (Å²) in [5, 5.41) is 8.72. The molecule has 1 rings (SSSR count). The van der Waals surface area contributed by atoms with Crippen molar-refractivity contribution in [2.75, 3.05) is 20.1 Å². The molecule has 2 N–H and O–H groups in total. The van der Waals surface area contributed by atoms with Crippen molar-refractivity contribution in [3.8, 4) is 17.9 Å². The van der Waals surface area contributed by atoms with Gasteiger partial charge in [-0.25, -0.2) is 0 Å². The summed E-state index contributed by atoms with van der Waals surface area (Å²) in [5.41, 5.74) is 5.29. The highest BCUT2D eigenvalue weighted by molar-refractivity contribution is 7.14. The van der Waals surface area contributed by atoms with Crippen molar-refractivity contribution in [1.29, 1.82) is 5.26 Å². The summed E-state index contributed by atoms with van der Waals surface area (Å²) >= 11 is 1.34. The molecule has 0 fully saturated rings. The zero-order chi connectivity index (χ0) is 13.5. The summed E-state index contributed by atoms with van der Waals surface area (Å²) in [6.45, 7) is 2.52. The molecule has 94 valence electrons. The first-order valence-electron chi connectivity index (χ1n) is 5.52. The van der Waals surface area contributed by atoms with Gasteiger partial charge in [0.05, 0.1) is 28.3 Å². The van der Waals surface area contributed by atoms with Crippen LogP contribution in [0.1, 0.15) is 21.5 Å². The van der Waals surface area contributed by atoms with E-state index in [9.17, 15) is 4.79 Å². The average Bonchev–Trinajstić information content (AvgIpc) is 2.83. The summed E-state index contributed by atoms with van der Waals surface area (Å²) < 4.78 is 0. The number of rotatable bonds is 3. The molecule has 0 saturated carbocycles. The van der Waals surface area contributed by atoms with Gasteiger partial charge >= 0.3 is 0 Å². The minimum absolute atomic E-state index is 0.0806. The Morgan fingerprint density at radius 2 is 2.33 bits per heavy atom. The number of amides is 1. The number of thiophene rings is 1. The first-order valence-corrected chi connectivity index (χ1v) is 6.34. The fourth-order valence-corrected chi connectivity index (χ4v) is 2.26. The number of hydrogen-bond acceptors (Lipinski definition) is 4. The highest BCUT2D eigenvalue weighted by Gasteiger charge is 2.15. The van der Waals surface area contributed by atoms with Crippen LogP contribution in [0.5, 0.6) is 0 Å². The summed E-state index contributed by atoms with van der Waals surface area (Å²) in [5.74, 6) is 5.39. The normalized spacial score (nSPS) is 11.0. The highest BCUT2D eigenvalue weighted by atomic mass is 32.1. The smallest absolute Gasteiger partial charge is 0.263 e.